The maximum absolute atomic E-state index is 12.7. The number of hydrogen-bond acceptors (Lipinski definition) is 4. The summed E-state index contributed by atoms with van der Waals surface area (Å²) in [5.41, 5.74) is 2.28. The van der Waals surface area contributed by atoms with Crippen molar-refractivity contribution in [3.8, 4) is 11.4 Å². The Hall–Kier alpha value is -2.38. The monoisotopic (exact) mass is 418 g/mol. The van der Waals surface area contributed by atoms with Crippen LogP contribution in [0.2, 0.25) is 10.2 Å². The van der Waals surface area contributed by atoms with Gasteiger partial charge in [-0.3, -0.25) is 9.48 Å². The SMILES string of the molecule is Cc1nn(C)c(Cl)c1C(=O)Nc1ccc(Cl)c(-c2nnc3n2CCCCC3)c1. The highest BCUT2D eigenvalue weighted by Gasteiger charge is 2.21. The van der Waals surface area contributed by atoms with Crippen molar-refractivity contribution in [1.29, 1.82) is 0 Å². The van der Waals surface area contributed by atoms with Crippen molar-refractivity contribution >= 4 is 34.8 Å². The molecule has 0 saturated carbocycles. The lowest BCUT2D eigenvalue weighted by atomic mass is 10.1. The number of hydrogen-bond donors (Lipinski definition) is 1. The summed E-state index contributed by atoms with van der Waals surface area (Å²) in [4.78, 5) is 12.7. The fourth-order valence-electron chi connectivity index (χ4n) is 3.54. The summed E-state index contributed by atoms with van der Waals surface area (Å²) in [6, 6.07) is 5.33. The molecule has 1 N–H and O–H groups in total. The maximum Gasteiger partial charge on any atom is 0.260 e. The number of aryl methyl sites for hydroxylation is 3. The summed E-state index contributed by atoms with van der Waals surface area (Å²) in [5, 5.41) is 16.6. The molecule has 4 rings (SSSR count). The molecule has 1 amide bonds. The number of nitrogens with zero attached hydrogens (tertiary/aromatic N) is 5. The van der Waals surface area contributed by atoms with Gasteiger partial charge in [0.15, 0.2) is 5.82 Å². The molecular formula is C19H20Cl2N6O. The molecule has 7 nitrogen and oxygen atoms in total. The Morgan fingerprint density at radius 3 is 2.75 bits per heavy atom. The summed E-state index contributed by atoms with van der Waals surface area (Å²) in [5.74, 6) is 1.40. The molecule has 1 aliphatic heterocycles. The van der Waals surface area contributed by atoms with Crippen LogP contribution in [-0.2, 0) is 20.0 Å². The van der Waals surface area contributed by atoms with E-state index in [1.807, 2.05) is 6.07 Å². The van der Waals surface area contributed by atoms with Gasteiger partial charge in [-0.15, -0.1) is 10.2 Å². The van der Waals surface area contributed by atoms with Gasteiger partial charge in [-0.05, 0) is 38.0 Å². The van der Waals surface area contributed by atoms with Gasteiger partial charge < -0.3 is 9.88 Å². The van der Waals surface area contributed by atoms with E-state index < -0.39 is 0 Å². The highest BCUT2D eigenvalue weighted by atomic mass is 35.5. The van der Waals surface area contributed by atoms with Crippen molar-refractivity contribution in [2.45, 2.75) is 39.2 Å². The molecule has 1 aliphatic rings. The summed E-state index contributed by atoms with van der Waals surface area (Å²) in [6.45, 7) is 2.62. The molecule has 28 heavy (non-hydrogen) atoms. The number of carbonyl (C=O) groups is 1. The number of fused-ring (bicyclic) bond motifs is 1. The van der Waals surface area contributed by atoms with Gasteiger partial charge in [0, 0.05) is 31.3 Å². The van der Waals surface area contributed by atoms with Gasteiger partial charge >= 0.3 is 0 Å². The zero-order valence-corrected chi connectivity index (χ0v) is 17.2. The zero-order valence-electron chi connectivity index (χ0n) is 15.7. The van der Waals surface area contributed by atoms with E-state index in [9.17, 15) is 4.79 Å². The largest absolute Gasteiger partial charge is 0.322 e. The number of benzene rings is 1. The second-order valence-electron chi connectivity index (χ2n) is 6.93. The first-order valence-corrected chi connectivity index (χ1v) is 9.93. The third kappa shape index (κ3) is 3.40. The number of nitrogens with one attached hydrogen (secondary N) is 1. The van der Waals surface area contributed by atoms with Crippen LogP contribution in [0.3, 0.4) is 0 Å². The van der Waals surface area contributed by atoms with Crippen molar-refractivity contribution < 1.29 is 4.79 Å². The van der Waals surface area contributed by atoms with Crippen LogP contribution in [0.15, 0.2) is 18.2 Å². The first-order valence-electron chi connectivity index (χ1n) is 9.18. The highest BCUT2D eigenvalue weighted by Crippen LogP contribution is 2.32. The van der Waals surface area contributed by atoms with E-state index in [2.05, 4.69) is 25.2 Å². The van der Waals surface area contributed by atoms with E-state index in [0.717, 1.165) is 43.0 Å². The lowest BCUT2D eigenvalue weighted by Gasteiger charge is -2.11. The third-order valence-corrected chi connectivity index (χ3v) is 5.72. The number of carbonyl (C=O) groups excluding carboxylic acids is 1. The standard InChI is InChI=1S/C19H20Cl2N6O/c1-11-16(17(21)26(2)25-11)19(28)22-12-7-8-14(20)13(10-12)18-24-23-15-6-4-3-5-9-27(15)18/h7-8,10H,3-6,9H2,1-2H3,(H,22,28). The minimum Gasteiger partial charge on any atom is -0.322 e. The van der Waals surface area contributed by atoms with E-state index in [-0.39, 0.29) is 5.91 Å². The van der Waals surface area contributed by atoms with E-state index in [1.165, 1.54) is 11.1 Å². The highest BCUT2D eigenvalue weighted by molar-refractivity contribution is 6.34. The second kappa shape index (κ2) is 7.56. The van der Waals surface area contributed by atoms with E-state index in [0.29, 0.717) is 27.1 Å². The molecule has 3 aromatic rings. The first-order chi connectivity index (χ1) is 13.5. The molecule has 1 aromatic carbocycles. The van der Waals surface area contributed by atoms with Crippen molar-refractivity contribution in [3.63, 3.8) is 0 Å². The fourth-order valence-corrected chi connectivity index (χ4v) is 4.00. The topological polar surface area (TPSA) is 77.6 Å². The Morgan fingerprint density at radius 2 is 2.00 bits per heavy atom. The molecule has 0 aliphatic carbocycles. The number of amides is 1. The number of anilines is 1. The van der Waals surface area contributed by atoms with Gasteiger partial charge in [-0.2, -0.15) is 5.10 Å². The lowest BCUT2D eigenvalue weighted by Crippen LogP contribution is -2.13. The predicted molar refractivity (Wildman–Crippen MR) is 109 cm³/mol. The van der Waals surface area contributed by atoms with Gasteiger partial charge in [0.1, 0.15) is 11.0 Å². The molecule has 0 atom stereocenters. The first kappa shape index (κ1) is 19.0. The zero-order chi connectivity index (χ0) is 19.8. The fraction of sp³-hybridized carbons (Fsp3) is 0.368. The summed E-state index contributed by atoms with van der Waals surface area (Å²) < 4.78 is 3.60. The molecule has 0 fully saturated rings. The van der Waals surface area contributed by atoms with Crippen molar-refractivity contribution in [2.24, 2.45) is 7.05 Å². The average Bonchev–Trinajstić information content (AvgIpc) is 3.06. The Bertz CT molecular complexity index is 1060. The second-order valence-corrected chi connectivity index (χ2v) is 7.69. The molecule has 3 heterocycles. The quantitative estimate of drug-likeness (QED) is 0.688. The van der Waals surface area contributed by atoms with Crippen LogP contribution in [0.4, 0.5) is 5.69 Å². The van der Waals surface area contributed by atoms with Crippen LogP contribution in [-0.4, -0.2) is 30.5 Å². The van der Waals surface area contributed by atoms with Gasteiger partial charge in [0.05, 0.1) is 16.3 Å². The van der Waals surface area contributed by atoms with Crippen molar-refractivity contribution in [3.05, 3.63) is 45.5 Å². The van der Waals surface area contributed by atoms with Gasteiger partial charge in [-0.25, -0.2) is 0 Å². The minimum atomic E-state index is -0.316. The molecule has 0 unspecified atom stereocenters. The Morgan fingerprint density at radius 1 is 1.18 bits per heavy atom. The van der Waals surface area contributed by atoms with Gasteiger partial charge in [0.25, 0.3) is 5.91 Å². The third-order valence-electron chi connectivity index (χ3n) is 4.95. The van der Waals surface area contributed by atoms with E-state index in [1.54, 1.807) is 26.1 Å². The normalized spacial score (nSPS) is 13.9. The molecule has 146 valence electrons. The van der Waals surface area contributed by atoms with Crippen LogP contribution < -0.4 is 5.32 Å². The summed E-state index contributed by atoms with van der Waals surface area (Å²) in [7, 11) is 1.70. The number of rotatable bonds is 3. The van der Waals surface area contributed by atoms with Crippen LogP contribution in [0.1, 0.15) is 41.1 Å². The molecule has 9 heteroatoms. The predicted octanol–water partition coefficient (Wildman–Crippen LogP) is 4.27. The van der Waals surface area contributed by atoms with E-state index >= 15 is 0 Å². The van der Waals surface area contributed by atoms with Crippen molar-refractivity contribution in [2.75, 3.05) is 5.32 Å². The Balaban J connectivity index is 1.67. The Labute approximate surface area is 172 Å². The van der Waals surface area contributed by atoms with Crippen molar-refractivity contribution in [1.82, 2.24) is 24.5 Å². The summed E-state index contributed by atoms with van der Waals surface area (Å²) >= 11 is 12.7. The molecule has 0 saturated heterocycles. The van der Waals surface area contributed by atoms with Crippen LogP contribution in [0, 0.1) is 6.92 Å². The van der Waals surface area contributed by atoms with Crippen LogP contribution in [0.25, 0.3) is 11.4 Å². The van der Waals surface area contributed by atoms with Crippen LogP contribution >= 0.6 is 23.2 Å². The summed E-state index contributed by atoms with van der Waals surface area (Å²) in [6.07, 6.45) is 4.30. The Kier molecular flexibility index (Phi) is 5.12. The maximum atomic E-state index is 12.7. The molecule has 0 bridgehead atoms. The minimum absolute atomic E-state index is 0.298. The molecule has 0 radical (unpaired) electrons. The van der Waals surface area contributed by atoms with Gasteiger partial charge in [0.2, 0.25) is 0 Å². The van der Waals surface area contributed by atoms with E-state index in [4.69, 9.17) is 23.2 Å². The average molecular weight is 419 g/mol. The smallest absolute Gasteiger partial charge is 0.260 e. The molecule has 0 spiro atoms. The number of halogens is 2. The van der Waals surface area contributed by atoms with Crippen LogP contribution in [0.5, 0.6) is 0 Å². The number of aromatic nitrogens is 5. The molecular weight excluding hydrogens is 399 g/mol. The lowest BCUT2D eigenvalue weighted by molar-refractivity contribution is 0.102. The van der Waals surface area contributed by atoms with Gasteiger partial charge in [-0.1, -0.05) is 29.6 Å². The molecule has 2 aromatic heterocycles.